The van der Waals surface area contributed by atoms with E-state index >= 15 is 0 Å². The number of benzene rings is 2. The van der Waals surface area contributed by atoms with E-state index in [1.165, 1.54) is 6.07 Å². The van der Waals surface area contributed by atoms with E-state index in [1.54, 1.807) is 12.1 Å². The van der Waals surface area contributed by atoms with Gasteiger partial charge in [0.2, 0.25) is 0 Å². The minimum absolute atomic E-state index is 0.241. The van der Waals surface area contributed by atoms with E-state index in [2.05, 4.69) is 22.6 Å². The maximum atomic E-state index is 13.7. The van der Waals surface area contributed by atoms with Gasteiger partial charge >= 0.3 is 0 Å². The molecule has 0 atom stereocenters. The Morgan fingerprint density at radius 2 is 1.73 bits per heavy atom. The predicted molar refractivity (Wildman–Crippen MR) is 69.6 cm³/mol. The lowest BCUT2D eigenvalue weighted by Gasteiger charge is -2.07. The Hall–Kier alpha value is -0.610. The van der Waals surface area contributed by atoms with Crippen molar-refractivity contribution in [2.45, 2.75) is 0 Å². The molecule has 0 saturated heterocycles. The van der Waals surface area contributed by atoms with Gasteiger partial charge in [0.1, 0.15) is 5.82 Å². The molecule has 0 radical (unpaired) electrons. The Kier molecular flexibility index (Phi) is 3.26. The molecule has 0 unspecified atom stereocenters. The topological polar surface area (TPSA) is 0 Å². The van der Waals surface area contributed by atoms with Crippen LogP contribution < -0.4 is 0 Å². The van der Waals surface area contributed by atoms with Crippen molar-refractivity contribution in [3.05, 3.63) is 56.9 Å². The summed E-state index contributed by atoms with van der Waals surface area (Å²) in [5, 5.41) is 0.570. The zero-order valence-corrected chi connectivity index (χ0v) is 10.6. The number of hydrogen-bond donors (Lipinski definition) is 0. The van der Waals surface area contributed by atoms with Crippen molar-refractivity contribution >= 4 is 34.2 Å². The summed E-state index contributed by atoms with van der Waals surface area (Å²) < 4.78 is 14.5. The zero-order chi connectivity index (χ0) is 10.8. The molecule has 0 fully saturated rings. The van der Waals surface area contributed by atoms with E-state index in [-0.39, 0.29) is 5.82 Å². The highest BCUT2D eigenvalue weighted by molar-refractivity contribution is 14.1. The molecule has 0 heterocycles. The van der Waals surface area contributed by atoms with Crippen LogP contribution in [0.5, 0.6) is 0 Å². The minimum Gasteiger partial charge on any atom is -0.206 e. The van der Waals surface area contributed by atoms with Gasteiger partial charge < -0.3 is 0 Å². The van der Waals surface area contributed by atoms with Crippen LogP contribution in [0.3, 0.4) is 0 Å². The van der Waals surface area contributed by atoms with Crippen LogP contribution in [0, 0.1) is 9.39 Å². The van der Waals surface area contributed by atoms with Crippen molar-refractivity contribution in [2.24, 2.45) is 0 Å². The molecule has 0 nitrogen and oxygen atoms in total. The van der Waals surface area contributed by atoms with E-state index in [0.29, 0.717) is 10.6 Å². The highest BCUT2D eigenvalue weighted by Gasteiger charge is 2.11. The Labute approximate surface area is 106 Å². The number of hydrogen-bond acceptors (Lipinski definition) is 0. The van der Waals surface area contributed by atoms with Crippen molar-refractivity contribution in [3.8, 4) is 11.1 Å². The van der Waals surface area contributed by atoms with Gasteiger partial charge in [-0.25, -0.2) is 4.39 Å². The first-order valence-electron chi connectivity index (χ1n) is 4.39. The summed E-state index contributed by atoms with van der Waals surface area (Å²) in [5.41, 5.74) is 1.31. The highest BCUT2D eigenvalue weighted by atomic mass is 127. The van der Waals surface area contributed by atoms with E-state index in [0.717, 1.165) is 9.13 Å². The fourth-order valence-corrected chi connectivity index (χ4v) is 2.41. The standard InChI is InChI=1S/C12H7ClFI/c13-9-5-2-1-4-8(9)12-10(14)6-3-7-11(12)15/h1-7H. The van der Waals surface area contributed by atoms with Crippen LogP contribution in [0.25, 0.3) is 11.1 Å². The lowest BCUT2D eigenvalue weighted by molar-refractivity contribution is 0.630. The smallest absolute Gasteiger partial charge is 0.132 e. The molecular weight excluding hydrogens is 325 g/mol. The van der Waals surface area contributed by atoms with E-state index in [4.69, 9.17) is 11.6 Å². The lowest BCUT2D eigenvalue weighted by atomic mass is 10.1. The van der Waals surface area contributed by atoms with Gasteiger partial charge in [-0.3, -0.25) is 0 Å². The van der Waals surface area contributed by atoms with Crippen molar-refractivity contribution in [1.29, 1.82) is 0 Å². The second-order valence-corrected chi connectivity index (χ2v) is 4.65. The Balaban J connectivity index is 2.69. The molecule has 0 aliphatic heterocycles. The molecule has 2 aromatic rings. The summed E-state index contributed by atoms with van der Waals surface area (Å²) in [5.74, 6) is -0.241. The number of halogens is 3. The molecule has 0 bridgehead atoms. The molecule has 3 heteroatoms. The van der Waals surface area contributed by atoms with E-state index in [1.807, 2.05) is 24.3 Å². The van der Waals surface area contributed by atoms with Crippen LogP contribution in [0.4, 0.5) is 4.39 Å². The number of rotatable bonds is 1. The first-order valence-corrected chi connectivity index (χ1v) is 5.85. The molecular formula is C12H7ClFI. The zero-order valence-electron chi connectivity index (χ0n) is 7.68. The maximum Gasteiger partial charge on any atom is 0.132 e. The first kappa shape index (κ1) is 10.9. The first-order chi connectivity index (χ1) is 7.20. The van der Waals surface area contributed by atoms with E-state index in [9.17, 15) is 4.39 Å². The quantitative estimate of drug-likeness (QED) is 0.661. The summed E-state index contributed by atoms with van der Waals surface area (Å²) in [7, 11) is 0. The Morgan fingerprint density at radius 3 is 2.40 bits per heavy atom. The summed E-state index contributed by atoms with van der Waals surface area (Å²) in [6, 6.07) is 12.3. The summed E-state index contributed by atoms with van der Waals surface area (Å²) in [4.78, 5) is 0. The van der Waals surface area contributed by atoms with Crippen molar-refractivity contribution < 1.29 is 4.39 Å². The maximum absolute atomic E-state index is 13.7. The van der Waals surface area contributed by atoms with Gasteiger partial charge in [0, 0.05) is 19.7 Å². The second kappa shape index (κ2) is 4.49. The molecule has 0 spiro atoms. The Morgan fingerprint density at radius 1 is 1.00 bits per heavy atom. The summed E-state index contributed by atoms with van der Waals surface area (Å²) >= 11 is 8.14. The molecule has 76 valence electrons. The molecule has 2 aromatic carbocycles. The van der Waals surface area contributed by atoms with Gasteiger partial charge in [-0.2, -0.15) is 0 Å². The largest absolute Gasteiger partial charge is 0.206 e. The van der Waals surface area contributed by atoms with E-state index < -0.39 is 0 Å². The molecule has 2 rings (SSSR count). The average molecular weight is 333 g/mol. The molecule has 0 aliphatic carbocycles. The fraction of sp³-hybridized carbons (Fsp3) is 0. The average Bonchev–Trinajstić information content (AvgIpc) is 2.20. The van der Waals surface area contributed by atoms with Crippen LogP contribution in [-0.4, -0.2) is 0 Å². The summed E-state index contributed by atoms with van der Waals surface area (Å²) in [6.45, 7) is 0. The monoisotopic (exact) mass is 332 g/mol. The molecule has 0 N–H and O–H groups in total. The minimum atomic E-state index is -0.241. The fourth-order valence-electron chi connectivity index (χ4n) is 1.42. The molecule has 0 aromatic heterocycles. The van der Waals surface area contributed by atoms with Crippen LogP contribution in [-0.2, 0) is 0 Å². The summed E-state index contributed by atoms with van der Waals surface area (Å²) in [6.07, 6.45) is 0. The van der Waals surface area contributed by atoms with Crippen LogP contribution in [0.15, 0.2) is 42.5 Å². The van der Waals surface area contributed by atoms with Crippen molar-refractivity contribution in [3.63, 3.8) is 0 Å². The Bertz CT molecular complexity index is 476. The lowest BCUT2D eigenvalue weighted by Crippen LogP contribution is -1.88. The van der Waals surface area contributed by atoms with Crippen LogP contribution >= 0.6 is 34.2 Å². The predicted octanol–water partition coefficient (Wildman–Crippen LogP) is 4.75. The normalized spacial score (nSPS) is 10.3. The molecule has 0 aliphatic rings. The van der Waals surface area contributed by atoms with Gasteiger partial charge in [-0.05, 0) is 40.8 Å². The molecule has 0 amide bonds. The van der Waals surface area contributed by atoms with Crippen LogP contribution in [0.2, 0.25) is 5.02 Å². The van der Waals surface area contributed by atoms with Gasteiger partial charge in [-0.15, -0.1) is 0 Å². The van der Waals surface area contributed by atoms with Gasteiger partial charge in [0.15, 0.2) is 0 Å². The third kappa shape index (κ3) is 2.16. The second-order valence-electron chi connectivity index (χ2n) is 3.08. The van der Waals surface area contributed by atoms with Crippen molar-refractivity contribution in [1.82, 2.24) is 0 Å². The van der Waals surface area contributed by atoms with Gasteiger partial charge in [0.25, 0.3) is 0 Å². The van der Waals surface area contributed by atoms with Gasteiger partial charge in [-0.1, -0.05) is 35.9 Å². The highest BCUT2D eigenvalue weighted by Crippen LogP contribution is 2.32. The van der Waals surface area contributed by atoms with Crippen LogP contribution in [0.1, 0.15) is 0 Å². The third-order valence-electron chi connectivity index (χ3n) is 2.11. The van der Waals surface area contributed by atoms with Gasteiger partial charge in [0.05, 0.1) is 0 Å². The molecule has 0 saturated carbocycles. The molecule has 15 heavy (non-hydrogen) atoms. The van der Waals surface area contributed by atoms with Crippen molar-refractivity contribution in [2.75, 3.05) is 0 Å². The third-order valence-corrected chi connectivity index (χ3v) is 3.33. The SMILES string of the molecule is Fc1cccc(I)c1-c1ccccc1Cl.